The lowest BCUT2D eigenvalue weighted by atomic mass is 10.3. The van der Waals surface area contributed by atoms with Crippen LogP contribution in [0.15, 0.2) is 40.5 Å². The van der Waals surface area contributed by atoms with Crippen molar-refractivity contribution >= 4 is 39.3 Å². The standard InChI is InChI=1S/C13H11ClF3N5O4S/c1-21-9(6-18-12(21)22(23)24)7-19-20-8-2-4-10(5-3-8)27(25,26)13(16,17)11(14)15/h2-7,11,20H,1H3/b19-7+. The number of hydrogen-bond acceptors (Lipinski definition) is 7. The lowest BCUT2D eigenvalue weighted by Gasteiger charge is -2.16. The number of benzene rings is 1. The van der Waals surface area contributed by atoms with E-state index in [2.05, 4.69) is 27.1 Å². The van der Waals surface area contributed by atoms with Crippen molar-refractivity contribution in [2.75, 3.05) is 5.43 Å². The Hall–Kier alpha value is -2.67. The maximum absolute atomic E-state index is 13.4. The summed E-state index contributed by atoms with van der Waals surface area (Å²) in [6.07, 6.45) is 2.42. The van der Waals surface area contributed by atoms with E-state index in [0.29, 0.717) is 5.69 Å². The van der Waals surface area contributed by atoms with Crippen LogP contribution in [0.5, 0.6) is 0 Å². The molecule has 1 atom stereocenters. The number of nitrogens with one attached hydrogen (secondary N) is 1. The fourth-order valence-corrected chi connectivity index (χ4v) is 3.25. The van der Waals surface area contributed by atoms with E-state index >= 15 is 0 Å². The third-order valence-electron chi connectivity index (χ3n) is 3.33. The van der Waals surface area contributed by atoms with Gasteiger partial charge in [-0.15, -0.1) is 0 Å². The fourth-order valence-electron chi connectivity index (χ4n) is 1.86. The zero-order valence-electron chi connectivity index (χ0n) is 13.4. The molecule has 0 bridgehead atoms. The van der Waals surface area contributed by atoms with Crippen LogP contribution in [0.3, 0.4) is 0 Å². The van der Waals surface area contributed by atoms with Gasteiger partial charge < -0.3 is 10.1 Å². The molecule has 1 heterocycles. The summed E-state index contributed by atoms with van der Waals surface area (Å²) < 4.78 is 64.1. The molecule has 146 valence electrons. The van der Waals surface area contributed by atoms with E-state index in [4.69, 9.17) is 0 Å². The highest BCUT2D eigenvalue weighted by Crippen LogP contribution is 2.35. The quantitative estimate of drug-likeness (QED) is 0.315. The second-order valence-electron chi connectivity index (χ2n) is 5.06. The number of hydrogen-bond donors (Lipinski definition) is 1. The fraction of sp³-hybridized carbons (Fsp3) is 0.231. The first kappa shape index (κ1) is 20.6. The first-order valence-corrected chi connectivity index (χ1v) is 8.86. The van der Waals surface area contributed by atoms with Gasteiger partial charge in [-0.3, -0.25) is 5.43 Å². The normalized spacial score (nSPS) is 13.7. The number of halogens is 4. The largest absolute Gasteiger partial charge is 0.434 e. The molecule has 0 aliphatic carbocycles. The molecule has 0 aliphatic rings. The summed E-state index contributed by atoms with van der Waals surface area (Å²) in [7, 11) is -3.91. The van der Waals surface area contributed by atoms with Gasteiger partial charge in [-0.1, -0.05) is 16.6 Å². The monoisotopic (exact) mass is 425 g/mol. The molecule has 0 amide bonds. The number of alkyl halides is 4. The summed E-state index contributed by atoms with van der Waals surface area (Å²) in [5, 5.41) is 9.68. The van der Waals surface area contributed by atoms with Crippen LogP contribution in [0, 0.1) is 10.1 Å². The highest BCUT2D eigenvalue weighted by Gasteiger charge is 2.53. The predicted molar refractivity (Wildman–Crippen MR) is 90.4 cm³/mol. The lowest BCUT2D eigenvalue weighted by Crippen LogP contribution is -2.35. The van der Waals surface area contributed by atoms with Gasteiger partial charge >= 0.3 is 11.2 Å². The number of nitro groups is 1. The number of aromatic nitrogens is 2. The molecule has 1 unspecified atom stereocenters. The molecule has 0 saturated heterocycles. The smallest absolute Gasteiger partial charge is 0.390 e. The minimum absolute atomic E-state index is 0.216. The van der Waals surface area contributed by atoms with Crippen LogP contribution >= 0.6 is 11.6 Å². The molecule has 0 spiro atoms. The molecule has 1 aromatic carbocycles. The average Bonchev–Trinajstić information content (AvgIpc) is 2.96. The van der Waals surface area contributed by atoms with Crippen LogP contribution in [0.2, 0.25) is 0 Å². The van der Waals surface area contributed by atoms with Crippen molar-refractivity contribution in [3.63, 3.8) is 0 Å². The Morgan fingerprint density at radius 2 is 2.00 bits per heavy atom. The Morgan fingerprint density at radius 3 is 2.48 bits per heavy atom. The molecule has 14 heteroatoms. The molecule has 2 aromatic rings. The van der Waals surface area contributed by atoms with Crippen LogP contribution in [0.1, 0.15) is 5.69 Å². The Labute approximate surface area is 155 Å². The molecule has 2 rings (SSSR count). The zero-order valence-corrected chi connectivity index (χ0v) is 15.0. The molecular weight excluding hydrogens is 415 g/mol. The lowest BCUT2D eigenvalue weighted by molar-refractivity contribution is -0.396. The zero-order chi connectivity index (χ0) is 20.4. The minimum Gasteiger partial charge on any atom is -0.390 e. The van der Waals surface area contributed by atoms with Crippen LogP contribution in [-0.2, 0) is 16.9 Å². The minimum atomic E-state index is -5.31. The van der Waals surface area contributed by atoms with E-state index < -0.39 is 36.5 Å². The van der Waals surface area contributed by atoms with Gasteiger partial charge in [-0.25, -0.2) is 17.4 Å². The number of imidazole rings is 1. The van der Waals surface area contributed by atoms with Gasteiger partial charge in [0.15, 0.2) is 5.69 Å². The maximum Gasteiger partial charge on any atom is 0.434 e. The van der Waals surface area contributed by atoms with Crippen molar-refractivity contribution in [1.29, 1.82) is 0 Å². The summed E-state index contributed by atoms with van der Waals surface area (Å²) in [4.78, 5) is 12.8. The second kappa shape index (κ2) is 7.52. The van der Waals surface area contributed by atoms with Gasteiger partial charge in [0.1, 0.15) is 6.20 Å². The Balaban J connectivity index is 2.14. The molecule has 1 N–H and O–H groups in total. The van der Waals surface area contributed by atoms with Crippen molar-refractivity contribution in [2.45, 2.75) is 15.8 Å². The van der Waals surface area contributed by atoms with Crippen LogP contribution in [0.4, 0.5) is 24.8 Å². The molecule has 27 heavy (non-hydrogen) atoms. The molecule has 0 saturated carbocycles. The van der Waals surface area contributed by atoms with Crippen molar-refractivity contribution in [3.05, 3.63) is 46.3 Å². The van der Waals surface area contributed by atoms with Crippen LogP contribution < -0.4 is 5.43 Å². The molecule has 0 radical (unpaired) electrons. The summed E-state index contributed by atoms with van der Waals surface area (Å²) in [6.45, 7) is 0. The van der Waals surface area contributed by atoms with E-state index in [1.54, 1.807) is 0 Å². The van der Waals surface area contributed by atoms with E-state index in [-0.39, 0.29) is 5.69 Å². The van der Waals surface area contributed by atoms with Crippen LogP contribution in [0.25, 0.3) is 0 Å². The molecule has 9 nitrogen and oxygen atoms in total. The van der Waals surface area contributed by atoms with E-state index in [1.807, 2.05) is 0 Å². The Bertz CT molecular complexity index is 976. The highest BCUT2D eigenvalue weighted by molar-refractivity contribution is 7.92. The number of anilines is 1. The first-order chi connectivity index (χ1) is 12.5. The van der Waals surface area contributed by atoms with Gasteiger partial charge in [0.25, 0.3) is 5.63 Å². The topological polar surface area (TPSA) is 119 Å². The second-order valence-corrected chi connectivity index (χ2v) is 7.47. The van der Waals surface area contributed by atoms with Crippen molar-refractivity contribution in [2.24, 2.45) is 12.1 Å². The van der Waals surface area contributed by atoms with Gasteiger partial charge in [0.05, 0.1) is 23.8 Å². The summed E-state index contributed by atoms with van der Waals surface area (Å²) in [6, 6.07) is 3.89. The van der Waals surface area contributed by atoms with Gasteiger partial charge in [-0.05, 0) is 29.2 Å². The SMILES string of the molecule is Cn1c(/C=N/Nc2ccc(S(=O)(=O)C(F)(F)C(F)Cl)cc2)cnc1[N+](=O)[O-]. The third-order valence-corrected chi connectivity index (χ3v) is 5.55. The number of nitrogens with zero attached hydrogens (tertiary/aromatic N) is 4. The Morgan fingerprint density at radius 1 is 1.41 bits per heavy atom. The Kier molecular flexibility index (Phi) is 5.75. The molecule has 0 aliphatic heterocycles. The summed E-state index contributed by atoms with van der Waals surface area (Å²) >= 11 is 4.62. The van der Waals surface area contributed by atoms with Gasteiger partial charge in [0.2, 0.25) is 9.84 Å². The maximum atomic E-state index is 13.4. The van der Waals surface area contributed by atoms with Crippen LogP contribution in [-0.4, -0.2) is 40.0 Å². The van der Waals surface area contributed by atoms with Crippen molar-refractivity contribution in [3.8, 4) is 0 Å². The van der Waals surface area contributed by atoms with Crippen molar-refractivity contribution in [1.82, 2.24) is 9.55 Å². The number of rotatable bonds is 7. The predicted octanol–water partition coefficient (Wildman–Crippen LogP) is 2.68. The number of sulfone groups is 1. The van der Waals surface area contributed by atoms with E-state index in [0.717, 1.165) is 24.3 Å². The summed E-state index contributed by atoms with van der Waals surface area (Å²) in [5.41, 5.74) is -0.409. The average molecular weight is 426 g/mol. The molecular formula is C13H11ClF3N5O4S. The van der Waals surface area contributed by atoms with E-state index in [1.165, 1.54) is 24.0 Å². The first-order valence-electron chi connectivity index (χ1n) is 6.94. The highest BCUT2D eigenvalue weighted by atomic mass is 35.5. The third kappa shape index (κ3) is 4.03. The van der Waals surface area contributed by atoms with Gasteiger partial charge in [0, 0.05) is 0 Å². The molecule has 0 fully saturated rings. The summed E-state index contributed by atoms with van der Waals surface area (Å²) in [5.74, 6) is -0.391. The van der Waals surface area contributed by atoms with Gasteiger partial charge in [-0.2, -0.15) is 13.9 Å². The van der Waals surface area contributed by atoms with Crippen molar-refractivity contribution < 1.29 is 26.5 Å². The number of hydrazone groups is 1. The van der Waals surface area contributed by atoms with E-state index in [9.17, 15) is 31.7 Å². The molecule has 1 aromatic heterocycles.